The predicted molar refractivity (Wildman–Crippen MR) is 116 cm³/mol. The van der Waals surface area contributed by atoms with E-state index in [1.165, 1.54) is 5.56 Å². The largest absolute Gasteiger partial charge is 0.504 e. The minimum Gasteiger partial charge on any atom is -0.504 e. The molecule has 4 aliphatic rings. The van der Waals surface area contributed by atoms with Gasteiger partial charge in [0.05, 0.1) is 17.4 Å². The van der Waals surface area contributed by atoms with Crippen molar-refractivity contribution in [1.29, 1.82) is 0 Å². The highest BCUT2D eigenvalue weighted by Gasteiger charge is 2.73. The number of benzene rings is 1. The van der Waals surface area contributed by atoms with Crippen LogP contribution in [0.3, 0.4) is 0 Å². The zero-order chi connectivity index (χ0) is 19.7. The average molecular weight is 461 g/mol. The number of rotatable bonds is 5. The molecule has 168 valence electrons. The second-order valence-electron chi connectivity index (χ2n) is 8.74. The molecule has 1 aromatic carbocycles. The maximum atomic E-state index is 11.0. The van der Waals surface area contributed by atoms with Gasteiger partial charge in [-0.25, -0.2) is 0 Å². The van der Waals surface area contributed by atoms with Gasteiger partial charge in [0.1, 0.15) is 6.10 Å². The van der Waals surface area contributed by atoms with Crippen LogP contribution in [0.1, 0.15) is 36.8 Å². The smallest absolute Gasteiger partial charge is 0.304 e. The lowest BCUT2D eigenvalue weighted by molar-refractivity contribution is -0.203. The maximum absolute atomic E-state index is 11.0. The number of ether oxygens (including phenoxy) is 2. The highest BCUT2D eigenvalue weighted by molar-refractivity contribution is 5.85. The zero-order valence-electron chi connectivity index (χ0n) is 17.2. The summed E-state index contributed by atoms with van der Waals surface area (Å²) in [4.78, 5) is 13.4. The van der Waals surface area contributed by atoms with Crippen molar-refractivity contribution in [3.8, 4) is 11.5 Å². The number of likely N-dealkylation sites (N-methyl/N-ethyl adjacent to an activating group) is 1. The molecule has 1 spiro atoms. The number of methoxy groups -OCH3 is 1. The Hall–Kier alpha value is -1.25. The number of hydrogen-bond donors (Lipinski definition) is 3. The maximum Gasteiger partial charge on any atom is 0.304 e. The first-order valence-electron chi connectivity index (χ1n) is 10.2. The normalized spacial score (nSPS) is 35.5. The molecule has 0 aromatic heterocycles. The number of aromatic hydroxyl groups is 1. The number of piperidine rings is 1. The zero-order valence-corrected chi connectivity index (χ0v) is 18.9. The third-order valence-electron chi connectivity index (χ3n) is 7.80. The van der Waals surface area contributed by atoms with Gasteiger partial charge in [0, 0.05) is 31.3 Å². The van der Waals surface area contributed by atoms with Gasteiger partial charge in [0.2, 0.25) is 0 Å². The molecule has 2 aliphatic carbocycles. The van der Waals surface area contributed by atoms with Crippen molar-refractivity contribution >= 4 is 30.8 Å². The number of halogens is 2. The fourth-order valence-electron chi connectivity index (χ4n) is 6.71. The Morgan fingerprint density at radius 2 is 2.13 bits per heavy atom. The molecule has 3 N–H and O–H groups in total. The first kappa shape index (κ1) is 23.4. The highest BCUT2D eigenvalue weighted by Crippen LogP contribution is 2.66. The van der Waals surface area contributed by atoms with Gasteiger partial charge < -0.3 is 29.9 Å². The van der Waals surface area contributed by atoms with Crippen LogP contribution in [0.25, 0.3) is 0 Å². The summed E-state index contributed by atoms with van der Waals surface area (Å²) in [5.74, 6) is -0.00616. The van der Waals surface area contributed by atoms with Crippen LogP contribution >= 0.6 is 24.8 Å². The van der Waals surface area contributed by atoms with Gasteiger partial charge in [-0.15, -0.1) is 24.8 Å². The molecule has 7 nitrogen and oxygen atoms in total. The topological polar surface area (TPSA) is 91.3 Å². The van der Waals surface area contributed by atoms with Crippen LogP contribution in [0.5, 0.6) is 11.5 Å². The predicted octanol–water partition coefficient (Wildman–Crippen LogP) is 2.11. The van der Waals surface area contributed by atoms with E-state index >= 15 is 0 Å². The molecule has 0 unspecified atom stereocenters. The van der Waals surface area contributed by atoms with E-state index in [1.54, 1.807) is 6.07 Å². The van der Waals surface area contributed by atoms with Crippen LogP contribution in [0, 0.1) is 0 Å². The summed E-state index contributed by atoms with van der Waals surface area (Å²) >= 11 is 0. The fourth-order valence-corrected chi connectivity index (χ4v) is 6.71. The summed E-state index contributed by atoms with van der Waals surface area (Å²) in [6.07, 6.45) is 3.45. The van der Waals surface area contributed by atoms with Crippen molar-refractivity contribution in [1.82, 2.24) is 10.2 Å². The molecule has 5 atom stereocenters. The number of hydrogen-bond acceptors (Lipinski definition) is 6. The van der Waals surface area contributed by atoms with Gasteiger partial charge in [0.25, 0.3) is 0 Å². The lowest BCUT2D eigenvalue weighted by atomic mass is 9.48. The third kappa shape index (κ3) is 2.79. The fraction of sp³-hybridized carbons (Fsp3) is 0.667. The molecule has 2 heterocycles. The number of likely N-dealkylation sites (tertiary alicyclic amines) is 1. The molecule has 2 fully saturated rings. The average Bonchev–Trinajstić information content (AvgIpc) is 3.03. The Bertz CT molecular complexity index is 840. The van der Waals surface area contributed by atoms with Crippen molar-refractivity contribution < 1.29 is 24.5 Å². The molecule has 0 amide bonds. The minimum atomic E-state index is -0.805. The molecule has 1 aromatic rings. The van der Waals surface area contributed by atoms with E-state index in [2.05, 4.69) is 17.3 Å². The molecule has 2 bridgehead atoms. The van der Waals surface area contributed by atoms with Gasteiger partial charge >= 0.3 is 5.97 Å². The van der Waals surface area contributed by atoms with E-state index in [4.69, 9.17) is 14.6 Å². The number of nitrogens with one attached hydrogen (secondary N) is 1. The molecule has 5 rings (SSSR count). The van der Waals surface area contributed by atoms with E-state index < -0.39 is 5.97 Å². The second-order valence-corrected chi connectivity index (χ2v) is 8.74. The highest BCUT2D eigenvalue weighted by atomic mass is 35.5. The summed E-state index contributed by atoms with van der Waals surface area (Å²) in [6.45, 7) is 1.36. The van der Waals surface area contributed by atoms with Crippen molar-refractivity contribution in [3.05, 3.63) is 23.3 Å². The summed E-state index contributed by atoms with van der Waals surface area (Å²) in [6, 6.07) is 4.07. The second kappa shape index (κ2) is 8.02. The van der Waals surface area contributed by atoms with Crippen LogP contribution < -0.4 is 10.1 Å². The minimum absolute atomic E-state index is 0. The van der Waals surface area contributed by atoms with Crippen LogP contribution in [-0.4, -0.2) is 72.1 Å². The van der Waals surface area contributed by atoms with Gasteiger partial charge in [0.15, 0.2) is 11.5 Å². The van der Waals surface area contributed by atoms with Crippen LogP contribution in [0.2, 0.25) is 0 Å². The van der Waals surface area contributed by atoms with Crippen LogP contribution in [0.15, 0.2) is 12.1 Å². The Kier molecular flexibility index (Phi) is 6.26. The van der Waals surface area contributed by atoms with Crippen LogP contribution in [0.4, 0.5) is 0 Å². The van der Waals surface area contributed by atoms with Gasteiger partial charge in [-0.3, -0.25) is 4.79 Å². The number of phenolic OH excluding ortho intramolecular Hbond substituents is 1. The number of phenols is 1. The number of carbonyl (C=O) groups is 1. The van der Waals surface area contributed by atoms with Crippen molar-refractivity contribution in [2.24, 2.45) is 0 Å². The van der Waals surface area contributed by atoms with E-state index in [0.717, 1.165) is 37.8 Å². The number of carboxylic acids is 1. The Labute approximate surface area is 188 Å². The standard InChI is InChI=1S/C21H28N2O5.2ClH/c1-23-10-8-20-17-12-3-4-14(24)18(17)28-19(20)13(22-9-6-16(25)26)5-7-21(20,27-2)15(23)11-12;;/h3-4,13,15,19,22,24H,5-11H2,1-2H3,(H,25,26);2*1H/t13-,15-,19+,20+,21-;;/m1../s1. The summed E-state index contributed by atoms with van der Waals surface area (Å²) in [7, 11) is 3.99. The molecule has 0 radical (unpaired) electrons. The Morgan fingerprint density at radius 3 is 2.83 bits per heavy atom. The molecule has 30 heavy (non-hydrogen) atoms. The quantitative estimate of drug-likeness (QED) is 0.619. The van der Waals surface area contributed by atoms with Crippen molar-refractivity contribution in [2.45, 2.75) is 61.3 Å². The summed E-state index contributed by atoms with van der Waals surface area (Å²) in [5.41, 5.74) is 1.70. The molecular formula is C21H30Cl2N2O5. The summed E-state index contributed by atoms with van der Waals surface area (Å²) < 4.78 is 12.9. The van der Waals surface area contributed by atoms with E-state index in [1.807, 2.05) is 13.2 Å². The number of aliphatic carboxylic acids is 1. The lowest BCUT2D eigenvalue weighted by Gasteiger charge is -2.65. The van der Waals surface area contributed by atoms with Gasteiger partial charge in [-0.1, -0.05) is 6.07 Å². The molecule has 2 aliphatic heterocycles. The van der Waals surface area contributed by atoms with E-state index in [9.17, 15) is 9.90 Å². The monoisotopic (exact) mass is 460 g/mol. The van der Waals surface area contributed by atoms with Crippen molar-refractivity contribution in [2.75, 3.05) is 27.2 Å². The van der Waals surface area contributed by atoms with Gasteiger partial charge in [-0.2, -0.15) is 0 Å². The number of carboxylic acid groups (broad SMARTS) is 1. The molecule has 1 saturated carbocycles. The Morgan fingerprint density at radius 1 is 1.37 bits per heavy atom. The molecular weight excluding hydrogens is 431 g/mol. The SMILES string of the molecule is CO[C@@]12CC[C@@H](NCCC(=O)O)[C@@H]3Oc4c(O)ccc5c4[C@@]31CCN(C)[C@@H]2C5.Cl.Cl. The first-order valence-corrected chi connectivity index (χ1v) is 10.2. The molecule has 1 saturated heterocycles. The van der Waals surface area contributed by atoms with Gasteiger partial charge in [-0.05, 0) is 50.9 Å². The molecule has 9 heteroatoms. The van der Waals surface area contributed by atoms with E-state index in [0.29, 0.717) is 12.3 Å². The lowest BCUT2D eigenvalue weighted by Crippen LogP contribution is -2.78. The Balaban J connectivity index is 0.00000128. The van der Waals surface area contributed by atoms with Crippen molar-refractivity contribution in [3.63, 3.8) is 0 Å². The van der Waals surface area contributed by atoms with Crippen LogP contribution in [-0.2, 0) is 21.4 Å². The summed E-state index contributed by atoms with van der Waals surface area (Å²) in [5, 5.41) is 23.0. The third-order valence-corrected chi connectivity index (χ3v) is 7.80. The van der Waals surface area contributed by atoms with E-state index in [-0.39, 0.29) is 66.2 Å². The number of nitrogens with zero attached hydrogens (tertiary/aromatic N) is 1. The first-order chi connectivity index (χ1) is 13.4.